The Morgan fingerprint density at radius 3 is 2.35 bits per heavy atom. The molecule has 154 valence electrons. The fourth-order valence-electron chi connectivity index (χ4n) is 3.93. The smallest absolute Gasteiger partial charge is 0.407 e. The van der Waals surface area contributed by atoms with E-state index < -0.39 is 6.09 Å². The van der Waals surface area contributed by atoms with Crippen LogP contribution < -0.4 is 5.32 Å². The molecule has 0 spiro atoms. The molecule has 0 fully saturated rings. The standard InChI is InChI=1S/C27H23NO3/c1-19-16-20(13-14-21(19)17-29)8-6-7-15-28-27(30)31-18-26-24-11-4-2-9-22(24)23-10-3-5-12-25(23)26/h2-5,9-14,16-17,26H,7,15,18H2,1H3,(H,28,30). The first-order valence-corrected chi connectivity index (χ1v) is 10.3. The van der Waals surface area contributed by atoms with Crippen LogP contribution in [-0.4, -0.2) is 25.5 Å². The summed E-state index contributed by atoms with van der Waals surface area (Å²) in [6.45, 7) is 2.59. The van der Waals surface area contributed by atoms with Gasteiger partial charge in [0, 0.05) is 30.0 Å². The number of fused-ring (bicyclic) bond motifs is 3. The van der Waals surface area contributed by atoms with E-state index in [1.807, 2.05) is 43.3 Å². The van der Waals surface area contributed by atoms with Crippen LogP contribution >= 0.6 is 0 Å². The molecule has 3 aromatic carbocycles. The van der Waals surface area contributed by atoms with Crippen LogP contribution in [0.25, 0.3) is 11.1 Å². The molecule has 3 aromatic rings. The molecular weight excluding hydrogens is 386 g/mol. The van der Waals surface area contributed by atoms with E-state index in [9.17, 15) is 9.59 Å². The molecule has 4 nitrogen and oxygen atoms in total. The number of carbonyl (C=O) groups is 2. The fraction of sp³-hybridized carbons (Fsp3) is 0.185. The highest BCUT2D eigenvalue weighted by atomic mass is 16.5. The van der Waals surface area contributed by atoms with Gasteiger partial charge in [0.15, 0.2) is 0 Å². The lowest BCUT2D eigenvalue weighted by molar-refractivity contribution is 0.112. The third-order valence-electron chi connectivity index (χ3n) is 5.49. The van der Waals surface area contributed by atoms with Gasteiger partial charge in [-0.15, -0.1) is 0 Å². The molecule has 4 heteroatoms. The van der Waals surface area contributed by atoms with Crippen molar-refractivity contribution >= 4 is 12.4 Å². The maximum Gasteiger partial charge on any atom is 0.407 e. The predicted molar refractivity (Wildman–Crippen MR) is 121 cm³/mol. The molecule has 0 heterocycles. The van der Waals surface area contributed by atoms with Crippen LogP contribution in [0.1, 0.15) is 45.0 Å². The number of aldehydes is 1. The second-order valence-corrected chi connectivity index (χ2v) is 7.49. The molecule has 1 amide bonds. The number of hydrogen-bond donors (Lipinski definition) is 1. The lowest BCUT2D eigenvalue weighted by Gasteiger charge is -2.14. The highest BCUT2D eigenvalue weighted by Crippen LogP contribution is 2.44. The molecule has 0 unspecified atom stereocenters. The second-order valence-electron chi connectivity index (χ2n) is 7.49. The van der Waals surface area contributed by atoms with E-state index in [0.717, 1.165) is 17.4 Å². The Labute approximate surface area is 182 Å². The number of alkyl carbamates (subject to hydrolysis) is 1. The summed E-state index contributed by atoms with van der Waals surface area (Å²) in [5, 5.41) is 2.76. The normalized spacial score (nSPS) is 11.6. The Kier molecular flexibility index (Phi) is 6.14. The van der Waals surface area contributed by atoms with Crippen molar-refractivity contribution in [3.8, 4) is 23.0 Å². The van der Waals surface area contributed by atoms with Gasteiger partial charge in [0.25, 0.3) is 0 Å². The number of carbonyl (C=O) groups excluding carboxylic acids is 2. The van der Waals surface area contributed by atoms with Crippen LogP contribution in [0.3, 0.4) is 0 Å². The Balaban J connectivity index is 1.28. The van der Waals surface area contributed by atoms with Gasteiger partial charge in [0.05, 0.1) is 0 Å². The SMILES string of the molecule is Cc1cc(C#CCCNC(=O)OCC2c3ccccc3-c3ccccc32)ccc1C=O. The number of rotatable bonds is 5. The first-order chi connectivity index (χ1) is 15.2. The minimum absolute atomic E-state index is 0.0514. The zero-order valence-corrected chi connectivity index (χ0v) is 17.4. The van der Waals surface area contributed by atoms with Crippen molar-refractivity contribution in [2.75, 3.05) is 13.2 Å². The van der Waals surface area contributed by atoms with E-state index in [1.54, 1.807) is 6.07 Å². The summed E-state index contributed by atoms with van der Waals surface area (Å²) in [4.78, 5) is 23.0. The topological polar surface area (TPSA) is 55.4 Å². The third-order valence-corrected chi connectivity index (χ3v) is 5.49. The summed E-state index contributed by atoms with van der Waals surface area (Å²) in [5.74, 6) is 6.14. The van der Waals surface area contributed by atoms with Crippen molar-refractivity contribution in [1.82, 2.24) is 5.32 Å². The molecule has 31 heavy (non-hydrogen) atoms. The molecule has 0 aliphatic heterocycles. The molecule has 0 bridgehead atoms. The molecule has 1 aliphatic rings. The monoisotopic (exact) mass is 409 g/mol. The zero-order chi connectivity index (χ0) is 21.6. The summed E-state index contributed by atoms with van der Waals surface area (Å²) < 4.78 is 5.51. The van der Waals surface area contributed by atoms with E-state index in [1.165, 1.54) is 22.3 Å². The van der Waals surface area contributed by atoms with Crippen molar-refractivity contribution in [3.05, 3.63) is 94.5 Å². The van der Waals surface area contributed by atoms with Gasteiger partial charge in [0.2, 0.25) is 0 Å². The van der Waals surface area contributed by atoms with Gasteiger partial charge in [-0.05, 0) is 46.9 Å². The van der Waals surface area contributed by atoms with Gasteiger partial charge < -0.3 is 10.1 Å². The van der Waals surface area contributed by atoms with E-state index in [0.29, 0.717) is 25.1 Å². The maximum absolute atomic E-state index is 12.2. The minimum atomic E-state index is -0.435. The molecule has 0 aromatic heterocycles. The zero-order valence-electron chi connectivity index (χ0n) is 17.4. The van der Waals surface area contributed by atoms with Crippen molar-refractivity contribution in [2.45, 2.75) is 19.3 Å². The maximum atomic E-state index is 12.2. The Bertz CT molecular complexity index is 1140. The minimum Gasteiger partial charge on any atom is -0.449 e. The molecule has 4 rings (SSSR count). The Morgan fingerprint density at radius 2 is 1.71 bits per heavy atom. The lowest BCUT2D eigenvalue weighted by atomic mass is 9.98. The number of benzene rings is 3. The third kappa shape index (κ3) is 4.51. The van der Waals surface area contributed by atoms with E-state index in [2.05, 4.69) is 41.4 Å². The van der Waals surface area contributed by atoms with Crippen LogP contribution in [0.15, 0.2) is 66.7 Å². The number of nitrogens with one attached hydrogen (secondary N) is 1. The average molecular weight is 409 g/mol. The first-order valence-electron chi connectivity index (χ1n) is 10.3. The van der Waals surface area contributed by atoms with Crippen molar-refractivity contribution < 1.29 is 14.3 Å². The van der Waals surface area contributed by atoms with Gasteiger partial charge in [-0.1, -0.05) is 66.4 Å². The first kappa shape index (κ1) is 20.4. The summed E-state index contributed by atoms with van der Waals surface area (Å²) in [6.07, 6.45) is 0.915. The Morgan fingerprint density at radius 1 is 1.03 bits per heavy atom. The molecular formula is C27H23NO3. The predicted octanol–water partition coefficient (Wildman–Crippen LogP) is 5.09. The van der Waals surface area contributed by atoms with Gasteiger partial charge in [-0.2, -0.15) is 0 Å². The van der Waals surface area contributed by atoms with E-state index in [-0.39, 0.29) is 5.92 Å². The van der Waals surface area contributed by atoms with Gasteiger partial charge in [-0.3, -0.25) is 4.79 Å². The average Bonchev–Trinajstić information content (AvgIpc) is 3.11. The van der Waals surface area contributed by atoms with Crippen LogP contribution in [-0.2, 0) is 4.74 Å². The van der Waals surface area contributed by atoms with E-state index >= 15 is 0 Å². The highest BCUT2D eigenvalue weighted by molar-refractivity contribution is 5.79. The van der Waals surface area contributed by atoms with Crippen molar-refractivity contribution in [3.63, 3.8) is 0 Å². The highest BCUT2D eigenvalue weighted by Gasteiger charge is 2.28. The van der Waals surface area contributed by atoms with Crippen LogP contribution in [0.5, 0.6) is 0 Å². The Hall–Kier alpha value is -3.84. The molecule has 1 aliphatic carbocycles. The van der Waals surface area contributed by atoms with Crippen molar-refractivity contribution in [2.24, 2.45) is 0 Å². The number of hydrogen-bond acceptors (Lipinski definition) is 3. The number of amides is 1. The van der Waals surface area contributed by atoms with Gasteiger partial charge >= 0.3 is 6.09 Å². The van der Waals surface area contributed by atoms with Crippen LogP contribution in [0.2, 0.25) is 0 Å². The molecule has 1 N–H and O–H groups in total. The van der Waals surface area contributed by atoms with Gasteiger partial charge in [-0.25, -0.2) is 4.79 Å². The summed E-state index contributed by atoms with van der Waals surface area (Å²) in [6, 6.07) is 22.0. The summed E-state index contributed by atoms with van der Waals surface area (Å²) >= 11 is 0. The second kappa shape index (κ2) is 9.32. The van der Waals surface area contributed by atoms with Gasteiger partial charge in [0.1, 0.15) is 12.9 Å². The molecule has 0 saturated heterocycles. The largest absolute Gasteiger partial charge is 0.449 e. The number of ether oxygens (including phenoxy) is 1. The van der Waals surface area contributed by atoms with Crippen LogP contribution in [0.4, 0.5) is 4.79 Å². The molecule has 0 atom stereocenters. The van der Waals surface area contributed by atoms with Crippen molar-refractivity contribution in [1.29, 1.82) is 0 Å². The number of aryl methyl sites for hydroxylation is 1. The lowest BCUT2D eigenvalue weighted by Crippen LogP contribution is -2.26. The molecule has 0 saturated carbocycles. The quantitative estimate of drug-likeness (QED) is 0.363. The molecule has 0 radical (unpaired) electrons. The van der Waals surface area contributed by atoms with Crippen LogP contribution in [0, 0.1) is 18.8 Å². The fourth-order valence-corrected chi connectivity index (χ4v) is 3.93. The van der Waals surface area contributed by atoms with E-state index in [4.69, 9.17) is 4.74 Å². The summed E-state index contributed by atoms with van der Waals surface area (Å²) in [7, 11) is 0. The summed E-state index contributed by atoms with van der Waals surface area (Å²) in [5.41, 5.74) is 7.22.